The molecule has 0 amide bonds. The van der Waals surface area contributed by atoms with E-state index in [0.29, 0.717) is 6.04 Å². The standard InChI is InChI=1S/C15H30N2O/c1-3-17-8-4-5-15(12-17)13(2)16-11-14-6-9-18-10-7-14/h13-16H,3-12H2,1-2H3. The summed E-state index contributed by atoms with van der Waals surface area (Å²) in [7, 11) is 0. The maximum absolute atomic E-state index is 5.42. The highest BCUT2D eigenvalue weighted by Gasteiger charge is 2.24. The zero-order valence-electron chi connectivity index (χ0n) is 12.2. The van der Waals surface area contributed by atoms with Gasteiger partial charge in [0.1, 0.15) is 0 Å². The first-order valence-electron chi connectivity index (χ1n) is 7.83. The summed E-state index contributed by atoms with van der Waals surface area (Å²) in [6, 6.07) is 0.669. The van der Waals surface area contributed by atoms with Crippen LogP contribution in [0.2, 0.25) is 0 Å². The molecule has 3 heteroatoms. The smallest absolute Gasteiger partial charge is 0.0469 e. The Labute approximate surface area is 112 Å². The number of likely N-dealkylation sites (tertiary alicyclic amines) is 1. The van der Waals surface area contributed by atoms with Gasteiger partial charge in [0.15, 0.2) is 0 Å². The highest BCUT2D eigenvalue weighted by Crippen LogP contribution is 2.20. The van der Waals surface area contributed by atoms with Gasteiger partial charge in [0.25, 0.3) is 0 Å². The van der Waals surface area contributed by atoms with Crippen molar-refractivity contribution in [3.8, 4) is 0 Å². The van der Waals surface area contributed by atoms with Gasteiger partial charge in [-0.1, -0.05) is 6.92 Å². The first-order valence-corrected chi connectivity index (χ1v) is 7.83. The molecule has 0 aliphatic carbocycles. The van der Waals surface area contributed by atoms with E-state index in [1.54, 1.807) is 0 Å². The average Bonchev–Trinajstić information content (AvgIpc) is 2.46. The Morgan fingerprint density at radius 2 is 2.06 bits per heavy atom. The summed E-state index contributed by atoms with van der Waals surface area (Å²) in [6.45, 7) is 11.6. The molecule has 2 heterocycles. The fourth-order valence-electron chi connectivity index (χ4n) is 3.26. The van der Waals surface area contributed by atoms with E-state index >= 15 is 0 Å². The summed E-state index contributed by atoms with van der Waals surface area (Å²) < 4.78 is 5.42. The Bertz CT molecular complexity index is 229. The van der Waals surface area contributed by atoms with Crippen LogP contribution in [0.15, 0.2) is 0 Å². The van der Waals surface area contributed by atoms with Crippen molar-refractivity contribution in [3.05, 3.63) is 0 Å². The third-order valence-corrected chi connectivity index (χ3v) is 4.77. The molecule has 0 saturated carbocycles. The Morgan fingerprint density at radius 3 is 2.78 bits per heavy atom. The largest absolute Gasteiger partial charge is 0.381 e. The third kappa shape index (κ3) is 4.22. The summed E-state index contributed by atoms with van der Waals surface area (Å²) >= 11 is 0. The van der Waals surface area contributed by atoms with Gasteiger partial charge in [0.05, 0.1) is 0 Å². The summed E-state index contributed by atoms with van der Waals surface area (Å²) in [6.07, 6.45) is 5.26. The minimum absolute atomic E-state index is 0.669. The SMILES string of the molecule is CCN1CCCC(C(C)NCC2CCOCC2)C1. The quantitative estimate of drug-likeness (QED) is 0.813. The van der Waals surface area contributed by atoms with Crippen molar-refractivity contribution in [2.75, 3.05) is 39.4 Å². The van der Waals surface area contributed by atoms with Crippen LogP contribution in [0.1, 0.15) is 39.5 Å². The summed E-state index contributed by atoms with van der Waals surface area (Å²) in [4.78, 5) is 2.60. The molecule has 2 rings (SSSR count). The van der Waals surface area contributed by atoms with Crippen LogP contribution in [-0.2, 0) is 4.74 Å². The number of hydrogen-bond donors (Lipinski definition) is 1. The molecule has 2 saturated heterocycles. The van der Waals surface area contributed by atoms with Crippen molar-refractivity contribution in [1.82, 2.24) is 10.2 Å². The average molecular weight is 254 g/mol. The minimum Gasteiger partial charge on any atom is -0.381 e. The molecule has 0 spiro atoms. The molecule has 3 nitrogen and oxygen atoms in total. The van der Waals surface area contributed by atoms with Gasteiger partial charge >= 0.3 is 0 Å². The van der Waals surface area contributed by atoms with E-state index in [1.165, 1.54) is 51.9 Å². The lowest BCUT2D eigenvalue weighted by atomic mass is 9.91. The van der Waals surface area contributed by atoms with Crippen LogP contribution in [0.25, 0.3) is 0 Å². The van der Waals surface area contributed by atoms with Crippen LogP contribution < -0.4 is 5.32 Å². The molecule has 2 unspecified atom stereocenters. The second-order valence-corrected chi connectivity index (χ2v) is 6.05. The van der Waals surface area contributed by atoms with Crippen molar-refractivity contribution in [2.24, 2.45) is 11.8 Å². The molecule has 18 heavy (non-hydrogen) atoms. The molecule has 2 fully saturated rings. The van der Waals surface area contributed by atoms with E-state index in [4.69, 9.17) is 4.74 Å². The molecular formula is C15H30N2O. The van der Waals surface area contributed by atoms with Crippen LogP contribution in [0, 0.1) is 11.8 Å². The van der Waals surface area contributed by atoms with Crippen LogP contribution in [-0.4, -0.2) is 50.3 Å². The van der Waals surface area contributed by atoms with Gasteiger partial charge in [-0.3, -0.25) is 0 Å². The highest BCUT2D eigenvalue weighted by molar-refractivity contribution is 4.81. The maximum atomic E-state index is 5.42. The van der Waals surface area contributed by atoms with Crippen LogP contribution >= 0.6 is 0 Å². The lowest BCUT2D eigenvalue weighted by molar-refractivity contribution is 0.0638. The Balaban J connectivity index is 1.68. The van der Waals surface area contributed by atoms with Crippen molar-refractivity contribution in [2.45, 2.75) is 45.6 Å². The predicted octanol–water partition coefficient (Wildman–Crippen LogP) is 2.12. The minimum atomic E-state index is 0.669. The summed E-state index contributed by atoms with van der Waals surface area (Å²) in [5.74, 6) is 1.69. The van der Waals surface area contributed by atoms with E-state index in [2.05, 4.69) is 24.1 Å². The topological polar surface area (TPSA) is 24.5 Å². The predicted molar refractivity (Wildman–Crippen MR) is 75.8 cm³/mol. The number of nitrogens with one attached hydrogen (secondary N) is 1. The molecular weight excluding hydrogens is 224 g/mol. The van der Waals surface area contributed by atoms with E-state index in [0.717, 1.165) is 25.0 Å². The number of piperidine rings is 1. The van der Waals surface area contributed by atoms with Gasteiger partial charge < -0.3 is 15.0 Å². The number of ether oxygens (including phenoxy) is 1. The molecule has 0 aromatic rings. The number of hydrogen-bond acceptors (Lipinski definition) is 3. The zero-order chi connectivity index (χ0) is 12.8. The molecule has 0 bridgehead atoms. The van der Waals surface area contributed by atoms with Gasteiger partial charge in [-0.15, -0.1) is 0 Å². The monoisotopic (exact) mass is 254 g/mol. The number of rotatable bonds is 5. The number of nitrogens with zero attached hydrogens (tertiary/aromatic N) is 1. The van der Waals surface area contributed by atoms with Gasteiger partial charge in [0.2, 0.25) is 0 Å². The Kier molecular flexibility index (Phi) is 5.93. The van der Waals surface area contributed by atoms with Crippen molar-refractivity contribution in [1.29, 1.82) is 0 Å². The van der Waals surface area contributed by atoms with E-state index in [-0.39, 0.29) is 0 Å². The summed E-state index contributed by atoms with van der Waals surface area (Å²) in [5, 5.41) is 3.78. The lowest BCUT2D eigenvalue weighted by Crippen LogP contribution is -2.45. The second kappa shape index (κ2) is 7.46. The second-order valence-electron chi connectivity index (χ2n) is 6.05. The van der Waals surface area contributed by atoms with Crippen LogP contribution in [0.5, 0.6) is 0 Å². The Morgan fingerprint density at radius 1 is 1.28 bits per heavy atom. The third-order valence-electron chi connectivity index (χ3n) is 4.77. The van der Waals surface area contributed by atoms with Crippen molar-refractivity contribution >= 4 is 0 Å². The lowest BCUT2D eigenvalue weighted by Gasteiger charge is -2.36. The molecule has 106 valence electrons. The molecule has 0 aromatic heterocycles. The van der Waals surface area contributed by atoms with E-state index in [1.807, 2.05) is 0 Å². The summed E-state index contributed by atoms with van der Waals surface area (Å²) in [5.41, 5.74) is 0. The van der Waals surface area contributed by atoms with Crippen LogP contribution in [0.3, 0.4) is 0 Å². The van der Waals surface area contributed by atoms with Gasteiger partial charge in [-0.05, 0) is 64.1 Å². The maximum Gasteiger partial charge on any atom is 0.0469 e. The highest BCUT2D eigenvalue weighted by atomic mass is 16.5. The van der Waals surface area contributed by atoms with Gasteiger partial charge in [-0.25, -0.2) is 0 Å². The molecule has 0 radical (unpaired) electrons. The van der Waals surface area contributed by atoms with E-state index < -0.39 is 0 Å². The first kappa shape index (κ1) is 14.3. The Hall–Kier alpha value is -0.120. The molecule has 1 N–H and O–H groups in total. The van der Waals surface area contributed by atoms with Crippen LogP contribution in [0.4, 0.5) is 0 Å². The van der Waals surface area contributed by atoms with E-state index in [9.17, 15) is 0 Å². The molecule has 2 aliphatic heterocycles. The van der Waals surface area contributed by atoms with Crippen molar-refractivity contribution in [3.63, 3.8) is 0 Å². The van der Waals surface area contributed by atoms with Gasteiger partial charge in [0, 0.05) is 25.8 Å². The molecule has 0 aromatic carbocycles. The fourth-order valence-corrected chi connectivity index (χ4v) is 3.26. The fraction of sp³-hybridized carbons (Fsp3) is 1.00. The van der Waals surface area contributed by atoms with Crippen molar-refractivity contribution < 1.29 is 4.74 Å². The first-order chi connectivity index (χ1) is 8.79. The normalized spacial score (nSPS) is 29.3. The van der Waals surface area contributed by atoms with Gasteiger partial charge in [-0.2, -0.15) is 0 Å². The molecule has 2 atom stereocenters. The zero-order valence-corrected chi connectivity index (χ0v) is 12.2. The molecule has 2 aliphatic rings.